The number of aromatic nitrogens is 1. The van der Waals surface area contributed by atoms with E-state index in [9.17, 15) is 13.2 Å². The van der Waals surface area contributed by atoms with E-state index >= 15 is 0 Å². The summed E-state index contributed by atoms with van der Waals surface area (Å²) in [4.78, 5) is 11.8. The van der Waals surface area contributed by atoms with Crippen LogP contribution in [-0.4, -0.2) is 20.1 Å². The van der Waals surface area contributed by atoms with E-state index in [1.54, 1.807) is 25.4 Å². The van der Waals surface area contributed by atoms with E-state index in [2.05, 4.69) is 4.72 Å². The van der Waals surface area contributed by atoms with Crippen LogP contribution < -0.4 is 15.0 Å². The van der Waals surface area contributed by atoms with E-state index in [0.717, 1.165) is 0 Å². The third-order valence-electron chi connectivity index (χ3n) is 3.07. The average Bonchev–Trinajstić information content (AvgIpc) is 2.49. The van der Waals surface area contributed by atoms with Crippen LogP contribution in [0.5, 0.6) is 5.75 Å². The van der Waals surface area contributed by atoms with Gasteiger partial charge >= 0.3 is 0 Å². The summed E-state index contributed by atoms with van der Waals surface area (Å²) >= 11 is 5.84. The highest BCUT2D eigenvalue weighted by molar-refractivity contribution is 7.89. The topological polar surface area (TPSA) is 77.4 Å². The highest BCUT2D eigenvalue weighted by atomic mass is 35.5. The Hall–Kier alpha value is -1.83. The Labute approximate surface area is 133 Å². The van der Waals surface area contributed by atoms with Crippen molar-refractivity contribution in [3.05, 3.63) is 57.5 Å². The number of hydrogen-bond acceptors (Lipinski definition) is 4. The first kappa shape index (κ1) is 16.5. The number of hydrogen-bond donors (Lipinski definition) is 1. The van der Waals surface area contributed by atoms with Gasteiger partial charge in [-0.2, -0.15) is 0 Å². The minimum atomic E-state index is -3.86. The normalized spacial score (nSPS) is 11.4. The fourth-order valence-electron chi connectivity index (χ4n) is 1.90. The molecule has 0 aliphatic heterocycles. The largest absolute Gasteiger partial charge is 0.495 e. The van der Waals surface area contributed by atoms with Crippen molar-refractivity contribution in [3.8, 4) is 5.75 Å². The number of nitrogens with zero attached hydrogens (tertiary/aromatic N) is 1. The van der Waals surface area contributed by atoms with Crippen LogP contribution >= 0.6 is 11.6 Å². The first-order valence-corrected chi connectivity index (χ1v) is 8.19. The lowest BCUT2D eigenvalue weighted by Crippen LogP contribution is -2.29. The van der Waals surface area contributed by atoms with Crippen LogP contribution in [0.1, 0.15) is 5.56 Å². The van der Waals surface area contributed by atoms with E-state index in [1.807, 2.05) is 0 Å². The Kier molecular flexibility index (Phi) is 4.90. The molecule has 0 unspecified atom stereocenters. The van der Waals surface area contributed by atoms with Crippen LogP contribution in [-0.2, 0) is 23.6 Å². The predicted molar refractivity (Wildman–Crippen MR) is 83.7 cm³/mol. The Morgan fingerprint density at radius 3 is 2.73 bits per heavy atom. The van der Waals surface area contributed by atoms with Gasteiger partial charge in [0.05, 0.1) is 7.11 Å². The summed E-state index contributed by atoms with van der Waals surface area (Å²) < 4.78 is 33.5. The maximum Gasteiger partial charge on any atom is 0.254 e. The number of sulfonamides is 1. The molecule has 0 saturated heterocycles. The molecule has 0 amide bonds. The van der Waals surface area contributed by atoms with Gasteiger partial charge in [0.2, 0.25) is 10.0 Å². The van der Waals surface area contributed by atoms with Crippen LogP contribution in [0.15, 0.2) is 46.2 Å². The second-order valence-electron chi connectivity index (χ2n) is 4.57. The molecule has 0 bridgehead atoms. The van der Waals surface area contributed by atoms with Crippen LogP contribution in [0.4, 0.5) is 0 Å². The molecule has 0 saturated carbocycles. The number of rotatable bonds is 5. The third-order valence-corrected chi connectivity index (χ3v) is 4.73. The number of halogens is 1. The van der Waals surface area contributed by atoms with Gasteiger partial charge in [-0.3, -0.25) is 4.79 Å². The molecule has 1 N–H and O–H groups in total. The van der Waals surface area contributed by atoms with Gasteiger partial charge in [0.1, 0.15) is 10.6 Å². The fourth-order valence-corrected chi connectivity index (χ4v) is 3.34. The Bertz CT molecular complexity index is 846. The summed E-state index contributed by atoms with van der Waals surface area (Å²) in [7, 11) is -0.893. The molecule has 1 aromatic heterocycles. The summed E-state index contributed by atoms with van der Waals surface area (Å²) in [5.41, 5.74) is 0.0813. The number of methoxy groups -OCH3 is 1. The number of pyridine rings is 1. The molecule has 0 atom stereocenters. The first-order valence-electron chi connectivity index (χ1n) is 6.33. The van der Waals surface area contributed by atoms with Gasteiger partial charge in [0.15, 0.2) is 0 Å². The molecule has 2 aromatic rings. The molecule has 0 aliphatic rings. The SMILES string of the molecule is COc1ccc(Cl)cc1S(=O)(=O)NCc1cccn(C)c1=O. The minimum absolute atomic E-state index is 0.0738. The van der Waals surface area contributed by atoms with Crippen LogP contribution in [0.3, 0.4) is 0 Å². The van der Waals surface area contributed by atoms with Gasteiger partial charge in [-0.05, 0) is 24.3 Å². The van der Waals surface area contributed by atoms with Gasteiger partial charge in [-0.15, -0.1) is 0 Å². The van der Waals surface area contributed by atoms with Gasteiger partial charge in [0.25, 0.3) is 5.56 Å². The summed E-state index contributed by atoms with van der Waals surface area (Å²) in [6, 6.07) is 7.54. The van der Waals surface area contributed by atoms with Gasteiger partial charge < -0.3 is 9.30 Å². The molecule has 8 heteroatoms. The number of aryl methyl sites for hydroxylation is 1. The predicted octanol–water partition coefficient (Wildman–Crippen LogP) is 1.53. The molecular weight excluding hydrogens is 328 g/mol. The van der Waals surface area contributed by atoms with Crippen LogP contribution in [0.2, 0.25) is 5.02 Å². The van der Waals surface area contributed by atoms with Crippen molar-refractivity contribution in [1.29, 1.82) is 0 Å². The van der Waals surface area contributed by atoms with Crippen molar-refractivity contribution in [3.63, 3.8) is 0 Å². The van der Waals surface area contributed by atoms with Crippen molar-refractivity contribution >= 4 is 21.6 Å². The zero-order chi connectivity index (χ0) is 16.3. The maximum atomic E-state index is 12.4. The molecular formula is C14H15ClN2O4S. The van der Waals surface area contributed by atoms with E-state index < -0.39 is 10.0 Å². The lowest BCUT2D eigenvalue weighted by molar-refractivity contribution is 0.402. The van der Waals surface area contributed by atoms with E-state index in [0.29, 0.717) is 5.56 Å². The number of benzene rings is 1. The van der Waals surface area contributed by atoms with Gasteiger partial charge in [-0.1, -0.05) is 17.7 Å². The molecule has 6 nitrogen and oxygen atoms in total. The summed E-state index contributed by atoms with van der Waals surface area (Å²) in [6.07, 6.45) is 1.60. The molecule has 0 radical (unpaired) electrons. The molecule has 22 heavy (non-hydrogen) atoms. The highest BCUT2D eigenvalue weighted by Gasteiger charge is 2.20. The monoisotopic (exact) mass is 342 g/mol. The number of nitrogens with one attached hydrogen (secondary N) is 1. The average molecular weight is 343 g/mol. The quantitative estimate of drug-likeness (QED) is 0.893. The van der Waals surface area contributed by atoms with Crippen molar-refractivity contribution in [2.75, 3.05) is 7.11 Å². The standard InChI is InChI=1S/C14H15ClN2O4S/c1-17-7-3-4-10(14(17)18)9-16-22(19,20)13-8-11(15)5-6-12(13)21-2/h3-8,16H,9H2,1-2H3. The molecule has 0 fully saturated rings. The van der Waals surface area contributed by atoms with Crippen molar-refractivity contribution in [2.45, 2.75) is 11.4 Å². The van der Waals surface area contributed by atoms with Crippen LogP contribution in [0, 0.1) is 0 Å². The number of ether oxygens (including phenoxy) is 1. The summed E-state index contributed by atoms with van der Waals surface area (Å²) in [5, 5.41) is 0.275. The molecule has 1 heterocycles. The zero-order valence-corrected chi connectivity index (χ0v) is 13.6. The minimum Gasteiger partial charge on any atom is -0.495 e. The Morgan fingerprint density at radius 2 is 2.05 bits per heavy atom. The third kappa shape index (κ3) is 3.49. The second-order valence-corrected chi connectivity index (χ2v) is 6.74. The smallest absolute Gasteiger partial charge is 0.254 e. The van der Waals surface area contributed by atoms with Crippen LogP contribution in [0.25, 0.3) is 0 Å². The summed E-state index contributed by atoms with van der Waals surface area (Å²) in [6.45, 7) is -0.120. The Morgan fingerprint density at radius 1 is 1.32 bits per heavy atom. The lowest BCUT2D eigenvalue weighted by Gasteiger charge is -2.11. The fraction of sp³-hybridized carbons (Fsp3) is 0.214. The Balaban J connectivity index is 2.31. The zero-order valence-electron chi connectivity index (χ0n) is 12.0. The molecule has 118 valence electrons. The second kappa shape index (κ2) is 6.51. The molecule has 1 aromatic carbocycles. The molecule has 0 aliphatic carbocycles. The van der Waals surface area contributed by atoms with E-state index in [-0.39, 0.29) is 27.8 Å². The maximum absolute atomic E-state index is 12.4. The molecule has 2 rings (SSSR count). The van der Waals surface area contributed by atoms with Gasteiger partial charge in [0, 0.05) is 30.4 Å². The molecule has 0 spiro atoms. The lowest BCUT2D eigenvalue weighted by atomic mass is 10.3. The van der Waals surface area contributed by atoms with E-state index in [4.69, 9.17) is 16.3 Å². The van der Waals surface area contributed by atoms with Crippen molar-refractivity contribution < 1.29 is 13.2 Å². The van der Waals surface area contributed by atoms with Crippen molar-refractivity contribution in [1.82, 2.24) is 9.29 Å². The first-order chi connectivity index (χ1) is 10.3. The van der Waals surface area contributed by atoms with E-state index in [1.165, 1.54) is 29.9 Å². The summed E-state index contributed by atoms with van der Waals surface area (Å²) in [5.74, 6) is 0.179. The van der Waals surface area contributed by atoms with Gasteiger partial charge in [-0.25, -0.2) is 13.1 Å². The highest BCUT2D eigenvalue weighted by Crippen LogP contribution is 2.26. The van der Waals surface area contributed by atoms with Crippen molar-refractivity contribution in [2.24, 2.45) is 7.05 Å².